The van der Waals surface area contributed by atoms with E-state index < -0.39 is 102 Å². The van der Waals surface area contributed by atoms with Gasteiger partial charge in [-0.1, -0.05) is 40.2 Å². The Balaban J connectivity index is 0.000000143. The number of esters is 2. The van der Waals surface area contributed by atoms with Crippen molar-refractivity contribution in [3.05, 3.63) is 126 Å². The Morgan fingerprint density at radius 3 is 1.40 bits per heavy atom. The fourth-order valence-corrected chi connectivity index (χ4v) is 13.5. The highest BCUT2D eigenvalue weighted by Crippen LogP contribution is 2.44. The molecule has 41 heteroatoms. The van der Waals surface area contributed by atoms with Gasteiger partial charge in [0.1, 0.15) is 150 Å². The van der Waals surface area contributed by atoms with Crippen LogP contribution in [-0.2, 0) is 119 Å². The van der Waals surface area contributed by atoms with E-state index in [9.17, 15) is 48.9 Å². The van der Waals surface area contributed by atoms with Gasteiger partial charge >= 0.3 is 11.9 Å². The summed E-state index contributed by atoms with van der Waals surface area (Å²) < 4.78 is 105. The highest BCUT2D eigenvalue weighted by molar-refractivity contribution is 7.71. The van der Waals surface area contributed by atoms with Crippen molar-refractivity contribution >= 4 is 47.8 Å². The van der Waals surface area contributed by atoms with Crippen LogP contribution in [0.2, 0.25) is 0 Å². The van der Waals surface area contributed by atoms with Gasteiger partial charge in [0, 0.05) is 73.2 Å². The van der Waals surface area contributed by atoms with Crippen molar-refractivity contribution in [1.82, 2.24) is 50.4 Å². The van der Waals surface area contributed by atoms with Gasteiger partial charge in [-0.15, -0.1) is 0 Å². The van der Waals surface area contributed by atoms with Gasteiger partial charge in [0.05, 0.1) is 52.4 Å². The van der Waals surface area contributed by atoms with Crippen LogP contribution in [0.3, 0.4) is 0 Å². The smallest absolute Gasteiger partial charge is 0.418 e. The van der Waals surface area contributed by atoms with E-state index in [4.69, 9.17) is 103 Å². The van der Waals surface area contributed by atoms with Crippen LogP contribution in [0, 0.1) is 16.6 Å². The van der Waals surface area contributed by atoms with E-state index in [1.54, 1.807) is 47.9 Å². The summed E-state index contributed by atoms with van der Waals surface area (Å²) in [5.41, 5.74) is -4.47. The summed E-state index contributed by atoms with van der Waals surface area (Å²) in [7, 11) is 1.07. The molecular formula is C65H88N10O30S. The molecule has 14 heterocycles. The number of carbonyl (C=O) groups excluding carboxylic acids is 6. The van der Waals surface area contributed by atoms with Gasteiger partial charge in [-0.25, -0.2) is 9.59 Å². The minimum atomic E-state index is -1.48. The topological polar surface area (TPSA) is 458 Å². The van der Waals surface area contributed by atoms with Crippen LogP contribution < -0.4 is 26.8 Å². The standard InChI is InChI=1S/C16H20N2O9.C13H18N2O6.C13H18N2O5.C12H16N2O6S.C11H16N2O4/c1-9-17-11(19)4-5-18(9)15-16(2,27-14(21)13(20)22-3)12-10(26-15)6-23-7-24-8-25-12;1-8-14-10(16)3-4-15(8)12-13(2,17)11-9(21-12)5-18-6-19-7-20-11;1-8-12-10(5-17-6-18-7-19-12)20-13(8)15-4-3-11(16)14-9(15)2;1-12(16)9-7(4-17-5-18-6-19-9)20-10(12)14-3-2-8(15)13-11(14)21;1-6-10(16)8(5-14)17-11(6)13-4-3-9(15)12-7(13)2/h4-5,10,12,15H,1,6-8H2,2-3H3,(H,17,19);3-4,9,11-12,17H,1,5-7H2,2H3,(H,14,16);3-4,8,10,12-13H,2,5-7H2,1H3,(H,14,16);2-3,7,9-10,16H,4-6H2,1H3,(H,13,15,21);3-4,6,8,10-11,14,16H,2,5H2,1H3,(H,12,15)/t10-,12?,15-,16-;9-,11?,12-,13-;8-,10+,12?,13+;7-,9?,10-,12-;6-,8+,10?,11+/m11010/s1. The molecule has 0 radical (unpaired) electrons. The molecule has 40 nitrogen and oxygen atoms in total. The Morgan fingerprint density at radius 1 is 0.538 bits per heavy atom. The number of H-pyrrole nitrogens is 1. The number of ether oxygens (including phenoxy) is 19. The molecule has 5 unspecified atom stereocenters. The third-order valence-corrected chi connectivity index (χ3v) is 18.8. The first-order valence-corrected chi connectivity index (χ1v) is 33.6. The molecule has 584 valence electrons. The van der Waals surface area contributed by atoms with E-state index in [2.05, 4.69) is 57.3 Å². The minimum Gasteiger partial charge on any atom is -0.461 e. The predicted molar refractivity (Wildman–Crippen MR) is 353 cm³/mol. The second kappa shape index (κ2) is 35.5. The maximum atomic E-state index is 12.1. The predicted octanol–water partition coefficient (Wildman–Crippen LogP) is -2.69. The largest absolute Gasteiger partial charge is 0.461 e. The van der Waals surface area contributed by atoms with E-state index in [1.807, 2.05) is 13.8 Å². The molecule has 1 aromatic rings. The average Bonchev–Trinajstić information content (AvgIpc) is 1.60. The number of aromatic nitrogens is 2. The summed E-state index contributed by atoms with van der Waals surface area (Å²) in [6, 6.07) is 1.32. The average molecular weight is 1520 g/mol. The van der Waals surface area contributed by atoms with Crippen LogP contribution in [0.15, 0.2) is 116 Å². The molecule has 9 saturated heterocycles. The minimum absolute atomic E-state index is 0.00438. The second-order valence-electron chi connectivity index (χ2n) is 25.9. The van der Waals surface area contributed by atoms with Gasteiger partial charge in [0.2, 0.25) is 0 Å². The first kappa shape index (κ1) is 80.7. The number of aromatic amines is 1. The lowest BCUT2D eigenvalue weighted by Gasteiger charge is -2.40. The van der Waals surface area contributed by atoms with Gasteiger partial charge in [-0.3, -0.25) is 33.5 Å². The molecule has 0 saturated carbocycles. The zero-order valence-corrected chi connectivity index (χ0v) is 59.5. The normalized spacial score (nSPS) is 37.1. The molecule has 9 fully saturated rings. The van der Waals surface area contributed by atoms with Crippen molar-refractivity contribution < 1.29 is 139 Å². The zero-order valence-electron chi connectivity index (χ0n) is 58.7. The lowest BCUT2D eigenvalue weighted by Crippen LogP contribution is -2.57. The molecule has 14 rings (SSSR count). The number of rotatable bonds is 7. The first-order valence-electron chi connectivity index (χ1n) is 33.2. The Morgan fingerprint density at radius 2 is 0.943 bits per heavy atom. The van der Waals surface area contributed by atoms with Gasteiger partial charge in [0.25, 0.3) is 29.2 Å². The van der Waals surface area contributed by atoms with Crippen LogP contribution in [0.5, 0.6) is 0 Å². The number of nitrogens with zero attached hydrogens (tertiary/aromatic N) is 5. The van der Waals surface area contributed by atoms with E-state index in [0.29, 0.717) is 24.1 Å². The Bertz CT molecular complexity index is 3650. The number of aliphatic hydroxyl groups is 4. The molecule has 4 amide bonds. The lowest BCUT2D eigenvalue weighted by molar-refractivity contribution is -0.222. The number of methoxy groups -OCH3 is 1. The number of hydrogen-bond donors (Lipinski definition) is 9. The van der Waals surface area contributed by atoms with E-state index in [-0.39, 0.29) is 151 Å². The van der Waals surface area contributed by atoms with Crippen LogP contribution in [0.25, 0.3) is 0 Å². The Kier molecular flexibility index (Phi) is 27.0. The molecule has 0 aliphatic carbocycles. The molecule has 0 bridgehead atoms. The number of carbonyl (C=O) groups is 6. The number of fused-ring (bicyclic) bond motifs is 4. The SMILES string of the molecule is C=C1NC(=O)C=CN1[C@@H]1O[C@@H]2COCOCOC2[C@@H]1C.C=C1NC(=O)C=CN1[C@@H]1O[C@@H]2COCOCOC2[C@@]1(C)O.C=C1NC(=O)C=CN1[C@@H]1O[C@@H]2COCOCOC2[C@@]1(C)OC(=O)C(=O)OC.C=C1NC(=O)C=CN1[C@@H]1O[C@H](CO)C(O)[C@@H]1C.C[C@@]1(O)C2OCOCOC[C@H]2O[C@H]1n1ccc(=O)[nH]c1=S. The quantitative estimate of drug-likeness (QED) is 0.0762. The molecule has 13 aliphatic rings. The van der Waals surface area contributed by atoms with Gasteiger partial charge in [-0.2, -0.15) is 0 Å². The van der Waals surface area contributed by atoms with Crippen molar-refractivity contribution in [2.75, 3.05) is 94.5 Å². The molecule has 106 heavy (non-hydrogen) atoms. The second-order valence-corrected chi connectivity index (χ2v) is 26.3. The van der Waals surface area contributed by atoms with Gasteiger partial charge < -0.3 is 151 Å². The van der Waals surface area contributed by atoms with Crippen LogP contribution in [0.4, 0.5) is 0 Å². The Hall–Kier alpha value is -7.80. The summed E-state index contributed by atoms with van der Waals surface area (Å²) in [4.78, 5) is 89.1. The van der Waals surface area contributed by atoms with Gasteiger partial charge in [-0.05, 0) is 33.0 Å². The molecule has 20 atom stereocenters. The highest BCUT2D eigenvalue weighted by Gasteiger charge is 2.62. The highest BCUT2D eigenvalue weighted by atomic mass is 32.1. The number of nitrogens with one attached hydrogen (secondary N) is 5. The maximum Gasteiger partial charge on any atom is 0.418 e. The summed E-state index contributed by atoms with van der Waals surface area (Å²) in [6.07, 6.45) is 4.72. The van der Waals surface area contributed by atoms with Crippen LogP contribution in [-0.4, -0.2) is 282 Å². The summed E-state index contributed by atoms with van der Waals surface area (Å²) >= 11 is 5.12. The lowest BCUT2D eigenvalue weighted by atomic mass is 9.95. The van der Waals surface area contributed by atoms with Gasteiger partial charge in [0.15, 0.2) is 29.1 Å². The zero-order chi connectivity index (χ0) is 76.4. The number of amides is 4. The van der Waals surface area contributed by atoms with Crippen LogP contribution >= 0.6 is 12.2 Å². The van der Waals surface area contributed by atoms with E-state index >= 15 is 0 Å². The summed E-state index contributed by atoms with van der Waals surface area (Å²) in [6.45, 7) is 25.0. The van der Waals surface area contributed by atoms with Crippen molar-refractivity contribution in [1.29, 1.82) is 0 Å². The van der Waals surface area contributed by atoms with Crippen molar-refractivity contribution in [2.24, 2.45) is 11.8 Å². The molecule has 0 spiro atoms. The molecule has 13 aliphatic heterocycles. The number of hydrogen-bond acceptors (Lipinski definition) is 35. The first-order chi connectivity index (χ1) is 50.6. The van der Waals surface area contributed by atoms with Crippen molar-refractivity contribution in [3.63, 3.8) is 0 Å². The fourth-order valence-electron chi connectivity index (χ4n) is 13.3. The number of aliphatic hydroxyl groups excluding tert-OH is 2. The third-order valence-electron chi connectivity index (χ3n) is 18.5. The Labute approximate surface area is 611 Å². The fraction of sp³-hybridized carbons (Fsp3) is 0.600. The van der Waals surface area contributed by atoms with Crippen LogP contribution in [0.1, 0.15) is 40.8 Å². The monoisotopic (exact) mass is 1520 g/mol. The third kappa shape index (κ3) is 18.3. The maximum absolute atomic E-state index is 12.1. The molecule has 0 aromatic carbocycles. The summed E-state index contributed by atoms with van der Waals surface area (Å²) in [5.74, 6) is -2.10. The molecule has 1 aromatic heterocycles. The molecule has 9 N–H and O–H groups in total. The summed E-state index contributed by atoms with van der Waals surface area (Å²) in [5, 5.41) is 50.8. The van der Waals surface area contributed by atoms with E-state index in [0.717, 1.165) is 7.11 Å². The van der Waals surface area contributed by atoms with Crippen molar-refractivity contribution in [2.45, 2.75) is 144 Å². The molecular weight excluding hydrogens is 1430 g/mol. The van der Waals surface area contributed by atoms with E-state index in [1.165, 1.54) is 58.4 Å². The van der Waals surface area contributed by atoms with Crippen molar-refractivity contribution in [3.8, 4) is 0 Å².